The topological polar surface area (TPSA) is 0 Å². The summed E-state index contributed by atoms with van der Waals surface area (Å²) in [4.78, 5) is 0. The van der Waals surface area contributed by atoms with Gasteiger partial charge >= 0.3 is 0 Å². The fourth-order valence-electron chi connectivity index (χ4n) is 3.67. The predicted octanol–water partition coefficient (Wildman–Crippen LogP) is 5.72. The van der Waals surface area contributed by atoms with Gasteiger partial charge in [0.1, 0.15) is 0 Å². The van der Waals surface area contributed by atoms with E-state index in [0.29, 0.717) is 0 Å². The highest BCUT2D eigenvalue weighted by atomic mass is 14.2. The summed E-state index contributed by atoms with van der Waals surface area (Å²) in [6.45, 7) is 0. The van der Waals surface area contributed by atoms with Crippen LogP contribution in [-0.2, 0) is 6.42 Å². The predicted molar refractivity (Wildman–Crippen MR) is 91.7 cm³/mol. The Kier molecular flexibility index (Phi) is 2.09. The standard InChI is InChI=1S/C21H14/c1-2-6-16-14(4-1)8-10-20-18(16)12-13-19-17-7-3-5-15(17)9-11-21(19)20/h1-6,8-13H,7H2. The van der Waals surface area contributed by atoms with E-state index in [-0.39, 0.29) is 0 Å². The molecule has 1 aliphatic carbocycles. The van der Waals surface area contributed by atoms with Crippen molar-refractivity contribution in [1.29, 1.82) is 0 Å². The Morgan fingerprint density at radius 3 is 2.29 bits per heavy atom. The van der Waals surface area contributed by atoms with E-state index < -0.39 is 0 Å². The molecule has 4 aromatic rings. The van der Waals surface area contributed by atoms with E-state index in [1.54, 1.807) is 0 Å². The maximum Gasteiger partial charge on any atom is -0.00820 e. The van der Waals surface area contributed by atoms with Crippen LogP contribution in [0.1, 0.15) is 11.1 Å². The van der Waals surface area contributed by atoms with Gasteiger partial charge in [-0.3, -0.25) is 0 Å². The first-order valence-electron chi connectivity index (χ1n) is 7.44. The van der Waals surface area contributed by atoms with Gasteiger partial charge in [0.05, 0.1) is 0 Å². The largest absolute Gasteiger partial charge is 0.0795 e. The molecule has 0 fully saturated rings. The van der Waals surface area contributed by atoms with Crippen LogP contribution >= 0.6 is 0 Å². The van der Waals surface area contributed by atoms with Crippen molar-refractivity contribution in [2.45, 2.75) is 6.42 Å². The molecule has 98 valence electrons. The Morgan fingerprint density at radius 2 is 1.29 bits per heavy atom. The van der Waals surface area contributed by atoms with Gasteiger partial charge in [-0.25, -0.2) is 0 Å². The molecule has 5 rings (SSSR count). The van der Waals surface area contributed by atoms with Gasteiger partial charge in [0.25, 0.3) is 0 Å². The minimum Gasteiger partial charge on any atom is -0.0795 e. The second kappa shape index (κ2) is 3.95. The molecule has 0 atom stereocenters. The van der Waals surface area contributed by atoms with Gasteiger partial charge in [0.2, 0.25) is 0 Å². The van der Waals surface area contributed by atoms with Gasteiger partial charge < -0.3 is 0 Å². The lowest BCUT2D eigenvalue weighted by Gasteiger charge is -2.10. The van der Waals surface area contributed by atoms with Crippen molar-refractivity contribution in [2.75, 3.05) is 0 Å². The number of allylic oxidation sites excluding steroid dienone is 1. The first-order chi connectivity index (χ1) is 10.4. The molecular formula is C21H14. The highest BCUT2D eigenvalue weighted by Gasteiger charge is 2.11. The summed E-state index contributed by atoms with van der Waals surface area (Å²) in [6, 6.07) is 22.3. The molecule has 0 N–H and O–H groups in total. The maximum atomic E-state index is 2.30. The summed E-state index contributed by atoms with van der Waals surface area (Å²) < 4.78 is 0. The van der Waals surface area contributed by atoms with E-state index in [0.717, 1.165) is 6.42 Å². The molecule has 0 amide bonds. The zero-order valence-electron chi connectivity index (χ0n) is 11.6. The fraction of sp³-hybridized carbons (Fsp3) is 0.0476. The van der Waals surface area contributed by atoms with E-state index in [1.165, 1.54) is 43.4 Å². The zero-order valence-corrected chi connectivity index (χ0v) is 11.6. The van der Waals surface area contributed by atoms with E-state index in [2.05, 4.69) is 72.8 Å². The minimum absolute atomic E-state index is 1.06. The Bertz CT molecular complexity index is 1050. The van der Waals surface area contributed by atoms with Crippen molar-refractivity contribution in [2.24, 2.45) is 0 Å². The monoisotopic (exact) mass is 266 g/mol. The summed E-state index contributed by atoms with van der Waals surface area (Å²) >= 11 is 0. The van der Waals surface area contributed by atoms with Crippen LogP contribution < -0.4 is 0 Å². The molecule has 0 saturated heterocycles. The van der Waals surface area contributed by atoms with E-state index >= 15 is 0 Å². The average molecular weight is 266 g/mol. The number of fused-ring (bicyclic) bond motifs is 7. The van der Waals surface area contributed by atoms with Crippen LogP contribution in [0.5, 0.6) is 0 Å². The van der Waals surface area contributed by atoms with Crippen molar-refractivity contribution >= 4 is 38.4 Å². The van der Waals surface area contributed by atoms with Gasteiger partial charge in [-0.1, -0.05) is 72.8 Å². The number of rotatable bonds is 0. The third kappa shape index (κ3) is 1.45. The second-order valence-corrected chi connectivity index (χ2v) is 5.78. The van der Waals surface area contributed by atoms with Gasteiger partial charge in [0.15, 0.2) is 0 Å². The highest BCUT2D eigenvalue weighted by Crippen LogP contribution is 2.35. The lowest BCUT2D eigenvalue weighted by molar-refractivity contribution is 1.35. The van der Waals surface area contributed by atoms with Crippen LogP contribution in [0.2, 0.25) is 0 Å². The van der Waals surface area contributed by atoms with Crippen LogP contribution in [0.3, 0.4) is 0 Å². The van der Waals surface area contributed by atoms with Crippen LogP contribution in [0, 0.1) is 0 Å². The summed E-state index contributed by atoms with van der Waals surface area (Å²) in [5.74, 6) is 0. The smallest absolute Gasteiger partial charge is 0.00820 e. The normalized spacial score (nSPS) is 13.3. The second-order valence-electron chi connectivity index (χ2n) is 5.78. The van der Waals surface area contributed by atoms with Crippen LogP contribution in [-0.4, -0.2) is 0 Å². The first-order valence-corrected chi connectivity index (χ1v) is 7.44. The van der Waals surface area contributed by atoms with E-state index in [1.807, 2.05) is 0 Å². The lowest BCUT2D eigenvalue weighted by atomic mass is 9.93. The zero-order chi connectivity index (χ0) is 13.8. The quantitative estimate of drug-likeness (QED) is 0.357. The molecule has 0 aliphatic heterocycles. The van der Waals surface area contributed by atoms with Crippen LogP contribution in [0.25, 0.3) is 38.4 Å². The molecular weight excluding hydrogens is 252 g/mol. The molecule has 21 heavy (non-hydrogen) atoms. The summed E-state index contributed by atoms with van der Waals surface area (Å²) in [5, 5.41) is 8.15. The number of hydrogen-bond donors (Lipinski definition) is 0. The third-order valence-electron chi connectivity index (χ3n) is 4.69. The van der Waals surface area contributed by atoms with Crippen molar-refractivity contribution in [3.63, 3.8) is 0 Å². The molecule has 0 nitrogen and oxygen atoms in total. The molecule has 0 saturated carbocycles. The molecule has 0 heterocycles. The Hall–Kier alpha value is -2.60. The number of hydrogen-bond acceptors (Lipinski definition) is 0. The molecule has 4 aromatic carbocycles. The Balaban J connectivity index is 2.00. The highest BCUT2D eigenvalue weighted by molar-refractivity contribution is 6.18. The minimum atomic E-state index is 1.06. The molecule has 0 aromatic heterocycles. The van der Waals surface area contributed by atoms with Gasteiger partial charge in [0, 0.05) is 0 Å². The number of benzene rings is 4. The SMILES string of the molecule is C1=Cc2ccc3c(ccc4c5ccccc5ccc34)c2C1. The van der Waals surface area contributed by atoms with E-state index in [4.69, 9.17) is 0 Å². The summed E-state index contributed by atoms with van der Waals surface area (Å²) in [6.07, 6.45) is 5.56. The molecule has 0 unspecified atom stereocenters. The van der Waals surface area contributed by atoms with Crippen LogP contribution in [0.15, 0.2) is 66.7 Å². The Labute approximate surface area is 123 Å². The first kappa shape index (κ1) is 11.1. The van der Waals surface area contributed by atoms with Crippen LogP contribution in [0.4, 0.5) is 0 Å². The lowest BCUT2D eigenvalue weighted by Crippen LogP contribution is -1.87. The van der Waals surface area contributed by atoms with Gasteiger partial charge in [-0.2, -0.15) is 0 Å². The van der Waals surface area contributed by atoms with E-state index in [9.17, 15) is 0 Å². The van der Waals surface area contributed by atoms with Crippen molar-refractivity contribution in [3.05, 3.63) is 77.9 Å². The molecule has 0 radical (unpaired) electrons. The average Bonchev–Trinajstić information content (AvgIpc) is 3.03. The summed E-state index contributed by atoms with van der Waals surface area (Å²) in [7, 11) is 0. The molecule has 0 heteroatoms. The van der Waals surface area contributed by atoms with Gasteiger partial charge in [-0.15, -0.1) is 0 Å². The molecule has 0 bridgehead atoms. The molecule has 0 spiro atoms. The van der Waals surface area contributed by atoms with Gasteiger partial charge in [-0.05, 0) is 49.9 Å². The molecule has 1 aliphatic rings. The van der Waals surface area contributed by atoms with Crippen molar-refractivity contribution < 1.29 is 0 Å². The Morgan fingerprint density at radius 1 is 0.571 bits per heavy atom. The van der Waals surface area contributed by atoms with Crippen molar-refractivity contribution in [3.8, 4) is 0 Å². The maximum absolute atomic E-state index is 2.30. The third-order valence-corrected chi connectivity index (χ3v) is 4.69. The fourth-order valence-corrected chi connectivity index (χ4v) is 3.67. The van der Waals surface area contributed by atoms with Crippen molar-refractivity contribution in [1.82, 2.24) is 0 Å². The summed E-state index contributed by atoms with van der Waals surface area (Å²) in [5.41, 5.74) is 2.85.